The fourth-order valence-corrected chi connectivity index (χ4v) is 9.26. The Kier molecular flexibility index (Phi) is 6.93. The highest BCUT2D eigenvalue weighted by Crippen LogP contribution is 2.41. The van der Waals surface area contributed by atoms with E-state index in [1.807, 2.05) is 0 Å². The van der Waals surface area contributed by atoms with E-state index in [2.05, 4.69) is 226 Å². The highest BCUT2D eigenvalue weighted by atomic mass is 15.0. The van der Waals surface area contributed by atoms with Gasteiger partial charge in [0.05, 0.1) is 33.1 Å². The molecule has 12 aromatic rings. The lowest BCUT2D eigenvalue weighted by atomic mass is 10.0. The molecule has 0 N–H and O–H groups in total. The molecule has 3 nitrogen and oxygen atoms in total. The first-order valence-electron chi connectivity index (χ1n) is 19.6. The zero-order valence-corrected chi connectivity index (χ0v) is 31.0. The van der Waals surface area contributed by atoms with E-state index in [0.717, 1.165) is 17.1 Å². The van der Waals surface area contributed by atoms with Crippen LogP contribution in [0.3, 0.4) is 0 Å². The van der Waals surface area contributed by atoms with E-state index in [9.17, 15) is 0 Å². The van der Waals surface area contributed by atoms with Crippen molar-refractivity contribution in [2.75, 3.05) is 0 Å². The minimum atomic E-state index is 1.12. The standard InChI is InChI=1S/C54H35N3/c1-4-15-36(16-5-1)38-27-29-51-45(31-38)46-32-39(37-17-6-2-7-18-37)28-30-52(46)56(51)41-21-14-22-42(33-41)57-50-26-13-11-24-44(50)48-34-47-43-23-10-12-25-49(43)55(53(47)35-54(48)57)40-19-8-3-9-20-40/h1-35H. The number of rotatable bonds is 5. The number of hydrogen-bond donors (Lipinski definition) is 0. The van der Waals surface area contributed by atoms with Gasteiger partial charge in [-0.2, -0.15) is 0 Å². The van der Waals surface area contributed by atoms with Crippen LogP contribution in [0.25, 0.3) is 105 Å². The van der Waals surface area contributed by atoms with Crippen molar-refractivity contribution < 1.29 is 0 Å². The summed E-state index contributed by atoms with van der Waals surface area (Å²) in [4.78, 5) is 0. The summed E-state index contributed by atoms with van der Waals surface area (Å²) in [5.74, 6) is 0. The van der Waals surface area contributed by atoms with E-state index in [1.165, 1.54) is 87.7 Å². The minimum Gasteiger partial charge on any atom is -0.309 e. The second kappa shape index (κ2) is 12.5. The molecule has 0 bridgehead atoms. The highest BCUT2D eigenvalue weighted by Gasteiger charge is 2.20. The van der Waals surface area contributed by atoms with Crippen molar-refractivity contribution in [2.45, 2.75) is 0 Å². The molecule has 3 heteroatoms. The van der Waals surface area contributed by atoms with E-state index in [0.29, 0.717) is 0 Å². The van der Waals surface area contributed by atoms with Crippen molar-refractivity contribution in [1.29, 1.82) is 0 Å². The van der Waals surface area contributed by atoms with Crippen molar-refractivity contribution >= 4 is 65.4 Å². The molecule has 57 heavy (non-hydrogen) atoms. The quantitative estimate of drug-likeness (QED) is 0.168. The van der Waals surface area contributed by atoms with Crippen LogP contribution in [-0.4, -0.2) is 13.7 Å². The minimum absolute atomic E-state index is 1.12. The van der Waals surface area contributed by atoms with Gasteiger partial charge in [-0.15, -0.1) is 0 Å². The summed E-state index contributed by atoms with van der Waals surface area (Å²) in [5.41, 5.74) is 15.4. The molecule has 3 heterocycles. The molecule has 0 fully saturated rings. The Morgan fingerprint density at radius 2 is 0.579 bits per heavy atom. The molecule has 0 saturated carbocycles. The maximum absolute atomic E-state index is 2.45. The van der Waals surface area contributed by atoms with Crippen molar-refractivity contribution in [3.05, 3.63) is 212 Å². The van der Waals surface area contributed by atoms with Gasteiger partial charge >= 0.3 is 0 Å². The molecule has 0 spiro atoms. The third-order valence-electron chi connectivity index (χ3n) is 11.8. The Labute approximate surface area is 329 Å². The molecular weight excluding hydrogens is 691 g/mol. The number of aromatic nitrogens is 3. The average Bonchev–Trinajstić information content (AvgIpc) is 3.91. The maximum atomic E-state index is 2.45. The van der Waals surface area contributed by atoms with Gasteiger partial charge in [-0.05, 0) is 101 Å². The van der Waals surface area contributed by atoms with Crippen LogP contribution >= 0.6 is 0 Å². The van der Waals surface area contributed by atoms with Crippen LogP contribution in [0.1, 0.15) is 0 Å². The molecule has 0 atom stereocenters. The molecular formula is C54H35N3. The van der Waals surface area contributed by atoms with Crippen LogP contribution in [0.5, 0.6) is 0 Å². The third kappa shape index (κ3) is 4.86. The molecule has 0 radical (unpaired) electrons. The Morgan fingerprint density at radius 3 is 1.11 bits per heavy atom. The molecule has 266 valence electrons. The van der Waals surface area contributed by atoms with Crippen LogP contribution in [0, 0.1) is 0 Å². The monoisotopic (exact) mass is 725 g/mol. The predicted octanol–water partition coefficient (Wildman–Crippen LogP) is 14.3. The Hall–Kier alpha value is -7.62. The molecule has 3 aromatic heterocycles. The van der Waals surface area contributed by atoms with Crippen LogP contribution in [0.15, 0.2) is 212 Å². The average molecular weight is 726 g/mol. The molecule has 12 rings (SSSR count). The van der Waals surface area contributed by atoms with Gasteiger partial charge in [-0.1, -0.05) is 133 Å². The number of hydrogen-bond acceptors (Lipinski definition) is 0. The van der Waals surface area contributed by atoms with Crippen LogP contribution in [0.4, 0.5) is 0 Å². The molecule has 0 saturated heterocycles. The maximum Gasteiger partial charge on any atom is 0.0562 e. The number of benzene rings is 9. The first kappa shape index (κ1) is 31.7. The van der Waals surface area contributed by atoms with Gasteiger partial charge in [-0.25, -0.2) is 0 Å². The van der Waals surface area contributed by atoms with Gasteiger partial charge in [0.15, 0.2) is 0 Å². The molecule has 9 aromatic carbocycles. The molecule has 0 aliphatic heterocycles. The third-order valence-corrected chi connectivity index (χ3v) is 11.8. The first-order chi connectivity index (χ1) is 28.3. The zero-order chi connectivity index (χ0) is 37.5. The molecule has 0 unspecified atom stereocenters. The smallest absolute Gasteiger partial charge is 0.0562 e. The van der Waals surface area contributed by atoms with Gasteiger partial charge in [0.2, 0.25) is 0 Å². The van der Waals surface area contributed by atoms with E-state index < -0.39 is 0 Å². The fraction of sp³-hybridized carbons (Fsp3) is 0. The van der Waals surface area contributed by atoms with E-state index in [4.69, 9.17) is 0 Å². The summed E-state index contributed by atoms with van der Waals surface area (Å²) in [6.07, 6.45) is 0. The summed E-state index contributed by atoms with van der Waals surface area (Å²) in [6.45, 7) is 0. The van der Waals surface area contributed by atoms with E-state index >= 15 is 0 Å². The summed E-state index contributed by atoms with van der Waals surface area (Å²) < 4.78 is 7.31. The lowest BCUT2D eigenvalue weighted by Gasteiger charge is -2.13. The fourth-order valence-electron chi connectivity index (χ4n) is 9.26. The van der Waals surface area contributed by atoms with Gasteiger partial charge in [0.25, 0.3) is 0 Å². The van der Waals surface area contributed by atoms with Crippen molar-refractivity contribution in [3.8, 4) is 39.3 Å². The van der Waals surface area contributed by atoms with Gasteiger partial charge < -0.3 is 13.7 Å². The highest BCUT2D eigenvalue weighted by molar-refractivity contribution is 6.19. The first-order valence-corrected chi connectivity index (χ1v) is 19.6. The summed E-state index contributed by atoms with van der Waals surface area (Å²) in [5, 5.41) is 7.49. The van der Waals surface area contributed by atoms with Gasteiger partial charge in [0, 0.05) is 49.4 Å². The Balaban J connectivity index is 1.11. The number of nitrogens with zero attached hydrogens (tertiary/aromatic N) is 3. The number of fused-ring (bicyclic) bond motifs is 9. The van der Waals surface area contributed by atoms with E-state index in [-0.39, 0.29) is 0 Å². The van der Waals surface area contributed by atoms with Crippen molar-refractivity contribution in [3.63, 3.8) is 0 Å². The summed E-state index contributed by atoms with van der Waals surface area (Å²) in [6, 6.07) is 77.5. The van der Waals surface area contributed by atoms with E-state index in [1.54, 1.807) is 0 Å². The number of para-hydroxylation sites is 3. The summed E-state index contributed by atoms with van der Waals surface area (Å²) in [7, 11) is 0. The molecule has 0 aliphatic carbocycles. The topological polar surface area (TPSA) is 14.8 Å². The van der Waals surface area contributed by atoms with Crippen molar-refractivity contribution in [2.24, 2.45) is 0 Å². The lowest BCUT2D eigenvalue weighted by molar-refractivity contribution is 1.13. The summed E-state index contributed by atoms with van der Waals surface area (Å²) >= 11 is 0. The lowest BCUT2D eigenvalue weighted by Crippen LogP contribution is -1.99. The normalized spacial score (nSPS) is 11.9. The largest absolute Gasteiger partial charge is 0.309 e. The Bertz CT molecular complexity index is 3400. The van der Waals surface area contributed by atoms with Gasteiger partial charge in [-0.3, -0.25) is 0 Å². The van der Waals surface area contributed by atoms with Gasteiger partial charge in [0.1, 0.15) is 0 Å². The van der Waals surface area contributed by atoms with Crippen LogP contribution in [0.2, 0.25) is 0 Å². The SMILES string of the molecule is c1ccc(-c2ccc3c(c2)c2cc(-c4ccccc4)ccc2n3-c2cccc(-n3c4ccccc4c4cc5c6ccccc6n(-c6ccccc6)c5cc43)c2)cc1. The van der Waals surface area contributed by atoms with Crippen LogP contribution < -0.4 is 0 Å². The zero-order valence-electron chi connectivity index (χ0n) is 31.0. The predicted molar refractivity (Wildman–Crippen MR) is 240 cm³/mol. The molecule has 0 aliphatic rings. The second-order valence-corrected chi connectivity index (χ2v) is 15.0. The molecule has 0 amide bonds. The second-order valence-electron chi connectivity index (χ2n) is 15.0. The van der Waals surface area contributed by atoms with Crippen LogP contribution in [-0.2, 0) is 0 Å². The van der Waals surface area contributed by atoms with Crippen molar-refractivity contribution in [1.82, 2.24) is 13.7 Å². The Morgan fingerprint density at radius 1 is 0.193 bits per heavy atom.